The number of amides is 1. The van der Waals surface area contributed by atoms with Crippen molar-refractivity contribution in [3.8, 4) is 0 Å². The highest BCUT2D eigenvalue weighted by Crippen LogP contribution is 2.35. The minimum atomic E-state index is -0.0419. The summed E-state index contributed by atoms with van der Waals surface area (Å²) in [6.45, 7) is 0. The molecular weight excluding hydrogens is 446 g/mol. The number of hydrogen-bond acceptors (Lipinski definition) is 6. The van der Waals surface area contributed by atoms with Crippen molar-refractivity contribution in [1.29, 1.82) is 0 Å². The summed E-state index contributed by atoms with van der Waals surface area (Å²) in [5, 5.41) is 4.48. The van der Waals surface area contributed by atoms with Gasteiger partial charge in [0.15, 0.2) is 0 Å². The lowest BCUT2D eigenvalue weighted by molar-refractivity contribution is -0.113. The van der Waals surface area contributed by atoms with Gasteiger partial charge in [0.25, 0.3) is 5.56 Å². The molecule has 2 aliphatic rings. The number of thiophene rings is 1. The minimum absolute atomic E-state index is 0.0417. The standard InChI is InChI=1S/C23H25N3O2S3/c27-20(24-14-8-10-16(11-9-14)30-15-4-1-2-5-15)13-29-12-19-25-22(28)21-17-6-3-7-18(17)31-23(21)26-19/h8-11,15H,1-7,12-13H2,(H,24,27)(H,25,26,28). The number of carbonyl (C=O) groups excluding carboxylic acids is 1. The fourth-order valence-corrected chi connectivity index (χ4v) is 7.59. The zero-order valence-corrected chi connectivity index (χ0v) is 19.7. The summed E-state index contributed by atoms with van der Waals surface area (Å²) >= 11 is 5.06. The molecule has 1 aromatic carbocycles. The number of anilines is 1. The van der Waals surface area contributed by atoms with Gasteiger partial charge in [-0.1, -0.05) is 12.8 Å². The summed E-state index contributed by atoms with van der Waals surface area (Å²) in [6, 6.07) is 8.13. The highest BCUT2D eigenvalue weighted by molar-refractivity contribution is 8.00. The largest absolute Gasteiger partial charge is 0.325 e. The zero-order chi connectivity index (χ0) is 21.2. The number of fused-ring (bicyclic) bond motifs is 3. The van der Waals surface area contributed by atoms with E-state index in [4.69, 9.17) is 0 Å². The van der Waals surface area contributed by atoms with E-state index in [0.717, 1.165) is 40.4 Å². The first-order chi connectivity index (χ1) is 15.2. The topological polar surface area (TPSA) is 74.8 Å². The predicted octanol–water partition coefficient (Wildman–Crippen LogP) is 5.38. The van der Waals surface area contributed by atoms with Gasteiger partial charge in [-0.15, -0.1) is 34.9 Å². The molecule has 1 fully saturated rings. The number of benzene rings is 1. The lowest BCUT2D eigenvalue weighted by Crippen LogP contribution is -2.15. The van der Waals surface area contributed by atoms with Gasteiger partial charge in [0.05, 0.1) is 16.9 Å². The molecule has 8 heteroatoms. The van der Waals surface area contributed by atoms with Crippen molar-refractivity contribution in [2.24, 2.45) is 0 Å². The number of aromatic amines is 1. The van der Waals surface area contributed by atoms with E-state index in [1.165, 1.54) is 52.8 Å². The van der Waals surface area contributed by atoms with Gasteiger partial charge in [0.2, 0.25) is 5.91 Å². The first kappa shape index (κ1) is 21.1. The van der Waals surface area contributed by atoms with Crippen molar-refractivity contribution in [3.05, 3.63) is 50.9 Å². The minimum Gasteiger partial charge on any atom is -0.325 e. The summed E-state index contributed by atoms with van der Waals surface area (Å²) < 4.78 is 0. The van der Waals surface area contributed by atoms with Crippen LogP contribution < -0.4 is 10.9 Å². The van der Waals surface area contributed by atoms with Gasteiger partial charge in [-0.25, -0.2) is 4.98 Å². The fourth-order valence-electron chi connectivity index (χ4n) is 4.37. The van der Waals surface area contributed by atoms with E-state index < -0.39 is 0 Å². The maximum absolute atomic E-state index is 12.5. The molecule has 162 valence electrons. The fraction of sp³-hybridized carbons (Fsp3) is 0.435. The maximum Gasteiger partial charge on any atom is 0.259 e. The lowest BCUT2D eigenvalue weighted by Gasteiger charge is -2.10. The molecule has 2 aromatic heterocycles. The number of nitrogens with zero attached hydrogens (tertiary/aromatic N) is 1. The molecule has 0 aliphatic heterocycles. The van der Waals surface area contributed by atoms with Gasteiger partial charge in [0, 0.05) is 20.7 Å². The predicted molar refractivity (Wildman–Crippen MR) is 132 cm³/mol. The van der Waals surface area contributed by atoms with Crippen molar-refractivity contribution in [3.63, 3.8) is 0 Å². The van der Waals surface area contributed by atoms with E-state index in [-0.39, 0.29) is 11.5 Å². The van der Waals surface area contributed by atoms with Crippen LogP contribution >= 0.6 is 34.9 Å². The number of H-pyrrole nitrogens is 1. The van der Waals surface area contributed by atoms with E-state index >= 15 is 0 Å². The Bertz CT molecular complexity index is 1150. The van der Waals surface area contributed by atoms with Crippen LogP contribution in [0, 0.1) is 0 Å². The smallest absolute Gasteiger partial charge is 0.259 e. The average molecular weight is 472 g/mol. The Labute approximate surface area is 193 Å². The number of carbonyl (C=O) groups is 1. The van der Waals surface area contributed by atoms with Gasteiger partial charge in [-0.3, -0.25) is 9.59 Å². The maximum atomic E-state index is 12.5. The highest BCUT2D eigenvalue weighted by atomic mass is 32.2. The van der Waals surface area contributed by atoms with Gasteiger partial charge in [-0.2, -0.15) is 0 Å². The van der Waals surface area contributed by atoms with Gasteiger partial charge in [0.1, 0.15) is 10.7 Å². The molecule has 0 unspecified atom stereocenters. The van der Waals surface area contributed by atoms with Crippen LogP contribution in [-0.4, -0.2) is 26.9 Å². The summed E-state index contributed by atoms with van der Waals surface area (Å²) in [5.74, 6) is 1.43. The number of hydrogen-bond donors (Lipinski definition) is 2. The summed E-state index contributed by atoms with van der Waals surface area (Å²) in [7, 11) is 0. The molecule has 31 heavy (non-hydrogen) atoms. The van der Waals surface area contributed by atoms with E-state index in [0.29, 0.717) is 17.3 Å². The molecule has 2 N–H and O–H groups in total. The molecule has 2 aliphatic carbocycles. The van der Waals surface area contributed by atoms with Crippen LogP contribution in [0.5, 0.6) is 0 Å². The van der Waals surface area contributed by atoms with Gasteiger partial charge >= 0.3 is 0 Å². The SMILES string of the molecule is O=C(CSCc1nc2sc3c(c2c(=O)[nH]1)CCC3)Nc1ccc(SC2CCCC2)cc1. The van der Waals surface area contributed by atoms with Crippen LogP contribution in [0.1, 0.15) is 48.4 Å². The Morgan fingerprint density at radius 2 is 1.97 bits per heavy atom. The van der Waals surface area contributed by atoms with Crippen molar-refractivity contribution >= 4 is 56.7 Å². The first-order valence-corrected chi connectivity index (χ1v) is 13.7. The second kappa shape index (κ2) is 9.38. The second-order valence-corrected chi connectivity index (χ2v) is 11.6. The Morgan fingerprint density at radius 3 is 2.77 bits per heavy atom. The highest BCUT2D eigenvalue weighted by Gasteiger charge is 2.21. The van der Waals surface area contributed by atoms with Crippen LogP contribution in [0.25, 0.3) is 10.2 Å². The Balaban J connectivity index is 1.13. The van der Waals surface area contributed by atoms with E-state index in [2.05, 4.69) is 27.4 Å². The Hall–Kier alpha value is -1.77. The normalized spacial score (nSPS) is 16.1. The van der Waals surface area contributed by atoms with Crippen LogP contribution in [-0.2, 0) is 23.4 Å². The third-order valence-electron chi connectivity index (χ3n) is 5.84. The summed E-state index contributed by atoms with van der Waals surface area (Å²) in [4.78, 5) is 35.8. The van der Waals surface area contributed by atoms with Crippen LogP contribution in [0.4, 0.5) is 5.69 Å². The van der Waals surface area contributed by atoms with Crippen LogP contribution in [0.15, 0.2) is 34.0 Å². The molecular formula is C23H25N3O2S3. The molecule has 0 spiro atoms. The number of nitrogens with one attached hydrogen (secondary N) is 2. The molecule has 0 bridgehead atoms. The summed E-state index contributed by atoms with van der Waals surface area (Å²) in [6.07, 6.45) is 8.47. The number of aromatic nitrogens is 2. The first-order valence-electron chi connectivity index (χ1n) is 10.8. The monoisotopic (exact) mass is 471 g/mol. The quantitative estimate of drug-likeness (QED) is 0.484. The van der Waals surface area contributed by atoms with Crippen molar-refractivity contribution in [2.75, 3.05) is 11.1 Å². The van der Waals surface area contributed by atoms with Crippen molar-refractivity contribution < 1.29 is 4.79 Å². The molecule has 0 atom stereocenters. The molecule has 5 nitrogen and oxygen atoms in total. The number of thioether (sulfide) groups is 2. The van der Waals surface area contributed by atoms with Crippen LogP contribution in [0.2, 0.25) is 0 Å². The lowest BCUT2D eigenvalue weighted by atomic mass is 10.2. The number of aryl methyl sites for hydroxylation is 2. The molecule has 3 aromatic rings. The zero-order valence-electron chi connectivity index (χ0n) is 17.2. The number of rotatable bonds is 7. The summed E-state index contributed by atoms with van der Waals surface area (Å²) in [5.41, 5.74) is 1.97. The molecule has 0 radical (unpaired) electrons. The van der Waals surface area contributed by atoms with Crippen LogP contribution in [0.3, 0.4) is 0 Å². The van der Waals surface area contributed by atoms with E-state index in [1.54, 1.807) is 11.3 Å². The average Bonchev–Trinajstić information content (AvgIpc) is 3.47. The van der Waals surface area contributed by atoms with Crippen molar-refractivity contribution in [1.82, 2.24) is 9.97 Å². The second-order valence-electron chi connectivity index (χ2n) is 8.14. The third-order valence-corrected chi connectivity index (χ3v) is 9.32. The van der Waals surface area contributed by atoms with Gasteiger partial charge in [-0.05, 0) is 61.9 Å². The molecule has 1 amide bonds. The van der Waals surface area contributed by atoms with E-state index in [9.17, 15) is 9.59 Å². The van der Waals surface area contributed by atoms with E-state index in [1.807, 2.05) is 23.9 Å². The molecule has 1 saturated carbocycles. The molecule has 0 saturated heterocycles. The van der Waals surface area contributed by atoms with Crippen molar-refractivity contribution in [2.45, 2.75) is 60.8 Å². The Morgan fingerprint density at radius 1 is 1.16 bits per heavy atom. The third kappa shape index (κ3) is 4.86. The Kier molecular flexibility index (Phi) is 6.39. The molecule has 5 rings (SSSR count). The molecule has 2 heterocycles. The van der Waals surface area contributed by atoms with Gasteiger partial charge < -0.3 is 10.3 Å².